The lowest BCUT2D eigenvalue weighted by atomic mass is 9.92. The molecule has 0 N–H and O–H groups in total. The summed E-state index contributed by atoms with van der Waals surface area (Å²) in [5, 5.41) is 0.893. The summed E-state index contributed by atoms with van der Waals surface area (Å²) in [6.07, 6.45) is 0.0488. The molecule has 0 atom stereocenters. The number of thioether (sulfide) groups is 1. The van der Waals surface area contributed by atoms with E-state index < -0.39 is 5.97 Å². The first-order valence-corrected chi connectivity index (χ1v) is 11.0. The van der Waals surface area contributed by atoms with Crippen LogP contribution >= 0.6 is 11.8 Å². The molecule has 0 amide bonds. The Morgan fingerprint density at radius 2 is 1.71 bits per heavy atom. The zero-order chi connectivity index (χ0) is 22.7. The minimum atomic E-state index is -0.409. The van der Waals surface area contributed by atoms with E-state index in [0.717, 1.165) is 27.8 Å². The smallest absolute Gasteiger partial charge is 0.307 e. The van der Waals surface area contributed by atoms with Gasteiger partial charge in [-0.3, -0.25) is 19.0 Å². The number of ether oxygens (including phenoxy) is 1. The van der Waals surface area contributed by atoms with Gasteiger partial charge in [-0.1, -0.05) is 30.0 Å². The largest absolute Gasteiger partial charge is 0.469 e. The predicted octanol–water partition coefficient (Wildman–Crippen LogP) is 4.17. The molecule has 0 fully saturated rings. The fourth-order valence-corrected chi connectivity index (χ4v) is 4.50. The summed E-state index contributed by atoms with van der Waals surface area (Å²) in [7, 11) is 1.31. The summed E-state index contributed by atoms with van der Waals surface area (Å²) in [5.41, 5.74) is 5.17. The van der Waals surface area contributed by atoms with Gasteiger partial charge in [-0.25, -0.2) is 4.98 Å². The van der Waals surface area contributed by atoms with Crippen molar-refractivity contribution < 1.29 is 14.3 Å². The first kappa shape index (κ1) is 22.7. The maximum atomic E-state index is 13.1. The molecule has 0 bridgehead atoms. The monoisotopic (exact) mass is 438 g/mol. The molecule has 0 spiro atoms. The van der Waals surface area contributed by atoms with Crippen LogP contribution in [-0.4, -0.2) is 34.2 Å². The number of esters is 1. The highest BCUT2D eigenvalue weighted by Crippen LogP contribution is 2.25. The van der Waals surface area contributed by atoms with Crippen LogP contribution in [0.2, 0.25) is 0 Å². The Labute approximate surface area is 185 Å². The van der Waals surface area contributed by atoms with Gasteiger partial charge in [0, 0.05) is 12.1 Å². The number of hydrogen-bond acceptors (Lipinski definition) is 6. The van der Waals surface area contributed by atoms with Crippen molar-refractivity contribution in [1.29, 1.82) is 0 Å². The number of hydrogen-bond donors (Lipinski definition) is 0. The van der Waals surface area contributed by atoms with Crippen LogP contribution in [0.25, 0.3) is 10.9 Å². The topological polar surface area (TPSA) is 78.3 Å². The van der Waals surface area contributed by atoms with Gasteiger partial charge in [0.05, 0.1) is 30.2 Å². The van der Waals surface area contributed by atoms with E-state index >= 15 is 0 Å². The van der Waals surface area contributed by atoms with E-state index in [4.69, 9.17) is 4.74 Å². The number of carbonyl (C=O) groups excluding carboxylic acids is 2. The third kappa shape index (κ3) is 4.71. The third-order valence-electron chi connectivity index (χ3n) is 5.57. The number of fused-ring (bicyclic) bond motifs is 1. The number of ketones is 1. The zero-order valence-corrected chi connectivity index (χ0v) is 19.3. The van der Waals surface area contributed by atoms with Crippen LogP contribution in [0.1, 0.15) is 39.0 Å². The van der Waals surface area contributed by atoms with E-state index in [1.807, 2.05) is 33.8 Å². The van der Waals surface area contributed by atoms with Crippen molar-refractivity contribution in [3.8, 4) is 0 Å². The Kier molecular flexibility index (Phi) is 6.95. The Bertz CT molecular complexity index is 1200. The molecule has 2 aromatic carbocycles. The minimum Gasteiger partial charge on any atom is -0.469 e. The number of aryl methyl sites for hydroxylation is 2. The van der Waals surface area contributed by atoms with Gasteiger partial charge in [0.25, 0.3) is 5.56 Å². The van der Waals surface area contributed by atoms with Crippen LogP contribution in [0.3, 0.4) is 0 Å². The van der Waals surface area contributed by atoms with Gasteiger partial charge >= 0.3 is 5.97 Å². The molecular formula is C24H26N2O4S. The number of nitrogens with zero attached hydrogens (tertiary/aromatic N) is 2. The number of methoxy groups -OCH3 is 1. The van der Waals surface area contributed by atoms with E-state index in [-0.39, 0.29) is 30.1 Å². The standard InChI is InChI=1S/C24H26N2O4S/c1-14-12-15(2)17(4)22(16(14)3)20(27)13-31-24-25-19-9-7-6-8-18(19)23(29)26(24)11-10-21(28)30-5/h6-9,12H,10-11,13H2,1-5H3. The molecule has 162 valence electrons. The maximum absolute atomic E-state index is 13.1. The molecule has 3 aromatic rings. The SMILES string of the molecule is COC(=O)CCn1c(SCC(=O)c2c(C)c(C)cc(C)c2C)nc2ccccc2c1=O. The first-order valence-electron chi connectivity index (χ1n) is 10.0. The first-order chi connectivity index (χ1) is 14.7. The molecule has 1 heterocycles. The molecule has 0 unspecified atom stereocenters. The van der Waals surface area contributed by atoms with E-state index in [9.17, 15) is 14.4 Å². The van der Waals surface area contributed by atoms with Crippen molar-refractivity contribution in [3.05, 3.63) is 68.5 Å². The van der Waals surface area contributed by atoms with Crippen molar-refractivity contribution in [2.75, 3.05) is 12.9 Å². The molecule has 0 aliphatic heterocycles. The van der Waals surface area contributed by atoms with Crippen LogP contribution in [0, 0.1) is 27.7 Å². The van der Waals surface area contributed by atoms with Gasteiger partial charge in [-0.05, 0) is 62.1 Å². The number of rotatable bonds is 7. The highest BCUT2D eigenvalue weighted by molar-refractivity contribution is 7.99. The quantitative estimate of drug-likeness (QED) is 0.238. The number of benzene rings is 2. The van der Waals surface area contributed by atoms with E-state index in [1.165, 1.54) is 23.4 Å². The molecule has 0 aliphatic rings. The Hall–Kier alpha value is -2.93. The van der Waals surface area contributed by atoms with Crippen molar-refractivity contribution in [2.24, 2.45) is 0 Å². The van der Waals surface area contributed by atoms with Crippen LogP contribution in [-0.2, 0) is 16.1 Å². The highest BCUT2D eigenvalue weighted by atomic mass is 32.2. The third-order valence-corrected chi connectivity index (χ3v) is 6.55. The molecule has 6 nitrogen and oxygen atoms in total. The summed E-state index contributed by atoms with van der Waals surface area (Å²) < 4.78 is 6.17. The second-order valence-electron chi connectivity index (χ2n) is 7.54. The van der Waals surface area contributed by atoms with Crippen LogP contribution in [0.15, 0.2) is 40.3 Å². The number of aromatic nitrogens is 2. The van der Waals surface area contributed by atoms with Crippen LogP contribution in [0.4, 0.5) is 0 Å². The molecule has 1 aromatic heterocycles. The van der Waals surface area contributed by atoms with E-state index in [1.54, 1.807) is 18.2 Å². The zero-order valence-electron chi connectivity index (χ0n) is 18.4. The predicted molar refractivity (Wildman–Crippen MR) is 123 cm³/mol. The summed E-state index contributed by atoms with van der Waals surface area (Å²) in [4.78, 5) is 42.4. The molecule has 0 saturated heterocycles. The van der Waals surface area contributed by atoms with Crippen molar-refractivity contribution in [2.45, 2.75) is 45.8 Å². The van der Waals surface area contributed by atoms with Gasteiger partial charge in [0.2, 0.25) is 0 Å². The molecule has 31 heavy (non-hydrogen) atoms. The lowest BCUT2D eigenvalue weighted by Crippen LogP contribution is -2.25. The average molecular weight is 439 g/mol. The van der Waals surface area contributed by atoms with Crippen molar-refractivity contribution in [1.82, 2.24) is 9.55 Å². The van der Waals surface area contributed by atoms with Gasteiger partial charge in [0.15, 0.2) is 10.9 Å². The van der Waals surface area contributed by atoms with Gasteiger partial charge < -0.3 is 4.74 Å². The molecule has 0 saturated carbocycles. The summed E-state index contributed by atoms with van der Waals surface area (Å²) in [6, 6.07) is 9.16. The Balaban J connectivity index is 1.96. The minimum absolute atomic E-state index is 0.00581. The molecule has 0 aliphatic carbocycles. The highest BCUT2D eigenvalue weighted by Gasteiger charge is 2.19. The summed E-state index contributed by atoms with van der Waals surface area (Å²) >= 11 is 1.22. The van der Waals surface area contributed by atoms with Crippen molar-refractivity contribution in [3.63, 3.8) is 0 Å². The average Bonchev–Trinajstić information content (AvgIpc) is 2.75. The molecule has 3 rings (SSSR count). The molecular weight excluding hydrogens is 412 g/mol. The second-order valence-corrected chi connectivity index (χ2v) is 8.48. The number of para-hydroxylation sites is 1. The van der Waals surface area contributed by atoms with Gasteiger partial charge in [-0.15, -0.1) is 0 Å². The normalized spacial score (nSPS) is 11.0. The summed E-state index contributed by atoms with van der Waals surface area (Å²) in [6.45, 7) is 8.06. The number of Topliss-reactive ketones (excluding diaryl/α,β-unsaturated/α-hetero) is 1. The van der Waals surface area contributed by atoms with E-state index in [0.29, 0.717) is 16.1 Å². The van der Waals surface area contributed by atoms with E-state index in [2.05, 4.69) is 11.1 Å². The van der Waals surface area contributed by atoms with Crippen molar-refractivity contribution >= 4 is 34.4 Å². The number of carbonyl (C=O) groups is 2. The van der Waals surface area contributed by atoms with Gasteiger partial charge in [-0.2, -0.15) is 0 Å². The fourth-order valence-electron chi connectivity index (χ4n) is 3.60. The maximum Gasteiger partial charge on any atom is 0.307 e. The lowest BCUT2D eigenvalue weighted by Gasteiger charge is -2.15. The van der Waals surface area contributed by atoms with Gasteiger partial charge in [0.1, 0.15) is 0 Å². The lowest BCUT2D eigenvalue weighted by molar-refractivity contribution is -0.140. The van der Waals surface area contributed by atoms with Crippen LogP contribution in [0.5, 0.6) is 0 Å². The molecule has 7 heteroatoms. The Morgan fingerprint density at radius 3 is 2.35 bits per heavy atom. The fraction of sp³-hybridized carbons (Fsp3) is 0.333. The molecule has 0 radical (unpaired) electrons. The van der Waals surface area contributed by atoms with Crippen LogP contribution < -0.4 is 5.56 Å². The summed E-state index contributed by atoms with van der Waals surface area (Å²) in [5.74, 6) is -0.268. The Morgan fingerprint density at radius 1 is 1.06 bits per heavy atom. The second kappa shape index (κ2) is 9.47.